The summed E-state index contributed by atoms with van der Waals surface area (Å²) in [6.07, 6.45) is 0. The molecule has 0 saturated heterocycles. The highest BCUT2D eigenvalue weighted by Gasteiger charge is 2.20. The van der Waals surface area contributed by atoms with E-state index in [1.807, 2.05) is 54.6 Å². The molecule has 0 radical (unpaired) electrons. The first-order valence-electron chi connectivity index (χ1n) is 10.00. The van der Waals surface area contributed by atoms with E-state index in [0.717, 1.165) is 29.9 Å². The van der Waals surface area contributed by atoms with E-state index < -0.39 is 4.92 Å². The predicted octanol–water partition coefficient (Wildman–Crippen LogP) is 5.06. The Balaban J connectivity index is 1.87. The number of hydrogen-bond donors (Lipinski definition) is 3. The van der Waals surface area contributed by atoms with Gasteiger partial charge in [0.05, 0.1) is 21.9 Å². The Morgan fingerprint density at radius 3 is 2.52 bits per heavy atom. The van der Waals surface area contributed by atoms with Gasteiger partial charge in [-0.05, 0) is 30.3 Å². The van der Waals surface area contributed by atoms with E-state index in [1.54, 1.807) is 6.07 Å². The number of rotatable bonds is 7. The summed E-state index contributed by atoms with van der Waals surface area (Å²) in [4.78, 5) is 18.6. The largest absolute Gasteiger partial charge is 0.494 e. The number of hydrogen-bond acceptors (Lipinski definition) is 5. The van der Waals surface area contributed by atoms with Gasteiger partial charge in [0.25, 0.3) is 5.69 Å². The molecule has 156 valence electrons. The molecule has 3 aromatic carbocycles. The number of aromatic amines is 1. The average molecular weight is 414 g/mol. The topological polar surface area (TPSA) is 104 Å². The Labute approximate surface area is 179 Å². The monoisotopic (exact) mass is 414 g/mol. The molecule has 1 aromatic heterocycles. The first-order valence-corrected chi connectivity index (χ1v) is 10.00. The van der Waals surface area contributed by atoms with Crippen LogP contribution in [0.25, 0.3) is 10.9 Å². The second-order valence-electron chi connectivity index (χ2n) is 7.11. The van der Waals surface area contributed by atoms with Gasteiger partial charge in [0.2, 0.25) is 0 Å². The fourth-order valence-electron chi connectivity index (χ4n) is 3.47. The Kier molecular flexibility index (Phi) is 5.77. The van der Waals surface area contributed by atoms with Crippen molar-refractivity contribution in [1.29, 1.82) is 0 Å². The maximum atomic E-state index is 11.3. The highest BCUT2D eigenvalue weighted by atomic mass is 16.6. The third-order valence-electron chi connectivity index (χ3n) is 5.01. The van der Waals surface area contributed by atoms with Crippen LogP contribution in [0.1, 0.15) is 23.6 Å². The molecule has 7 nitrogen and oxygen atoms in total. The van der Waals surface area contributed by atoms with E-state index in [4.69, 9.17) is 4.99 Å². The zero-order chi connectivity index (χ0) is 21.8. The van der Waals surface area contributed by atoms with Crippen LogP contribution in [0.15, 0.2) is 77.8 Å². The van der Waals surface area contributed by atoms with Crippen molar-refractivity contribution in [2.45, 2.75) is 13.5 Å². The van der Waals surface area contributed by atoms with E-state index in [1.165, 1.54) is 12.1 Å². The maximum absolute atomic E-state index is 11.3. The molecule has 3 N–H and O–H groups in total. The number of H-pyrrole nitrogens is 1. The standard InChI is InChI=1S/C24H22N4O3/c1-2-25-15-16-8-10-18(11-9-16)26-23(17-6-4-3-5-7-17)22-20-14-19(28(30)31)12-13-21(20)27-24(22)29/h3-14,25,27,29H,2,15H2,1H3. The van der Waals surface area contributed by atoms with Crippen LogP contribution >= 0.6 is 0 Å². The molecule has 0 aliphatic heterocycles. The fourth-order valence-corrected chi connectivity index (χ4v) is 3.47. The minimum Gasteiger partial charge on any atom is -0.494 e. The number of nitro groups is 1. The summed E-state index contributed by atoms with van der Waals surface area (Å²) in [5, 5.41) is 25.8. The fraction of sp³-hybridized carbons (Fsp3) is 0.125. The number of non-ortho nitro benzene ring substituents is 1. The molecule has 0 amide bonds. The van der Waals surface area contributed by atoms with Gasteiger partial charge in [-0.25, -0.2) is 4.99 Å². The zero-order valence-corrected chi connectivity index (χ0v) is 17.0. The van der Waals surface area contributed by atoms with Gasteiger partial charge in [-0.3, -0.25) is 10.1 Å². The van der Waals surface area contributed by atoms with Crippen molar-refractivity contribution in [1.82, 2.24) is 10.3 Å². The van der Waals surface area contributed by atoms with E-state index in [-0.39, 0.29) is 11.6 Å². The molecule has 0 atom stereocenters. The Hall–Kier alpha value is -3.97. The number of fused-ring (bicyclic) bond motifs is 1. The molecule has 0 fully saturated rings. The molecule has 0 spiro atoms. The van der Waals surface area contributed by atoms with Gasteiger partial charge in [0, 0.05) is 35.1 Å². The number of nitrogens with one attached hydrogen (secondary N) is 2. The second kappa shape index (κ2) is 8.81. The normalized spacial score (nSPS) is 11.7. The summed E-state index contributed by atoms with van der Waals surface area (Å²) in [6, 6.07) is 21.8. The first-order chi connectivity index (χ1) is 15.1. The van der Waals surface area contributed by atoms with Crippen molar-refractivity contribution in [3.8, 4) is 5.88 Å². The lowest BCUT2D eigenvalue weighted by Gasteiger charge is -2.08. The van der Waals surface area contributed by atoms with Crippen LogP contribution < -0.4 is 5.32 Å². The minimum atomic E-state index is -0.449. The van der Waals surface area contributed by atoms with Crippen LogP contribution in [0.5, 0.6) is 5.88 Å². The van der Waals surface area contributed by atoms with Crippen LogP contribution in [0.4, 0.5) is 11.4 Å². The molecule has 0 unspecified atom stereocenters. The van der Waals surface area contributed by atoms with Crippen LogP contribution in [0.3, 0.4) is 0 Å². The number of aromatic nitrogens is 1. The van der Waals surface area contributed by atoms with E-state index in [9.17, 15) is 15.2 Å². The molecular weight excluding hydrogens is 392 g/mol. The maximum Gasteiger partial charge on any atom is 0.270 e. The van der Waals surface area contributed by atoms with Gasteiger partial charge in [0.15, 0.2) is 5.88 Å². The Morgan fingerprint density at radius 2 is 1.84 bits per heavy atom. The highest BCUT2D eigenvalue weighted by Crippen LogP contribution is 2.33. The lowest BCUT2D eigenvalue weighted by molar-refractivity contribution is -0.384. The molecule has 4 aromatic rings. The van der Waals surface area contributed by atoms with Gasteiger partial charge in [-0.1, -0.05) is 49.4 Å². The van der Waals surface area contributed by atoms with Crippen LogP contribution in [0, 0.1) is 10.1 Å². The van der Waals surface area contributed by atoms with Gasteiger partial charge in [-0.15, -0.1) is 0 Å². The SMILES string of the molecule is CCNCc1ccc(N=C(c2ccccc2)c2c(O)[nH]c3ccc([N+](=O)[O-])cc23)cc1. The number of aromatic hydroxyl groups is 1. The smallest absolute Gasteiger partial charge is 0.270 e. The molecule has 0 saturated carbocycles. The lowest BCUT2D eigenvalue weighted by Crippen LogP contribution is -2.11. The lowest BCUT2D eigenvalue weighted by atomic mass is 10.0. The molecule has 0 aliphatic rings. The van der Waals surface area contributed by atoms with Gasteiger partial charge >= 0.3 is 0 Å². The molecule has 31 heavy (non-hydrogen) atoms. The third-order valence-corrected chi connectivity index (χ3v) is 5.01. The molecule has 1 heterocycles. The summed E-state index contributed by atoms with van der Waals surface area (Å²) in [7, 11) is 0. The quantitative estimate of drug-likeness (QED) is 0.223. The second-order valence-corrected chi connectivity index (χ2v) is 7.11. The highest BCUT2D eigenvalue weighted by molar-refractivity contribution is 6.22. The van der Waals surface area contributed by atoms with Gasteiger partial charge < -0.3 is 15.4 Å². The van der Waals surface area contributed by atoms with Crippen LogP contribution in [-0.4, -0.2) is 27.3 Å². The van der Waals surface area contributed by atoms with Crippen LogP contribution in [0.2, 0.25) is 0 Å². The zero-order valence-electron chi connectivity index (χ0n) is 17.0. The molecule has 0 bridgehead atoms. The third kappa shape index (κ3) is 4.31. The average Bonchev–Trinajstić information content (AvgIpc) is 3.12. The van der Waals surface area contributed by atoms with Crippen molar-refractivity contribution in [2.75, 3.05) is 6.54 Å². The van der Waals surface area contributed by atoms with Crippen molar-refractivity contribution in [2.24, 2.45) is 4.99 Å². The van der Waals surface area contributed by atoms with E-state index >= 15 is 0 Å². The van der Waals surface area contributed by atoms with Gasteiger partial charge in [-0.2, -0.15) is 0 Å². The summed E-state index contributed by atoms with van der Waals surface area (Å²) in [5.74, 6) is -0.0816. The molecular formula is C24H22N4O3. The number of benzene rings is 3. The van der Waals surface area contributed by atoms with Crippen LogP contribution in [-0.2, 0) is 6.54 Å². The summed E-state index contributed by atoms with van der Waals surface area (Å²) < 4.78 is 0. The number of aliphatic imine (C=N–C) groups is 1. The van der Waals surface area contributed by atoms with Crippen molar-refractivity contribution < 1.29 is 10.0 Å². The number of nitrogens with zero attached hydrogens (tertiary/aromatic N) is 2. The summed E-state index contributed by atoms with van der Waals surface area (Å²) in [5.41, 5.74) is 4.18. The molecule has 4 rings (SSSR count). The Bertz CT molecular complexity index is 1250. The summed E-state index contributed by atoms with van der Waals surface area (Å²) in [6.45, 7) is 3.73. The van der Waals surface area contributed by atoms with Crippen molar-refractivity contribution >= 4 is 28.0 Å². The first kappa shape index (κ1) is 20.3. The van der Waals surface area contributed by atoms with E-state index in [0.29, 0.717) is 22.2 Å². The Morgan fingerprint density at radius 1 is 1.10 bits per heavy atom. The van der Waals surface area contributed by atoms with Crippen molar-refractivity contribution in [3.05, 3.63) is 99.6 Å². The van der Waals surface area contributed by atoms with Crippen molar-refractivity contribution in [3.63, 3.8) is 0 Å². The summed E-state index contributed by atoms with van der Waals surface area (Å²) >= 11 is 0. The minimum absolute atomic E-state index is 0.0482. The number of nitro benzene ring substituents is 1. The predicted molar refractivity (Wildman–Crippen MR) is 122 cm³/mol. The molecule has 7 heteroatoms. The molecule has 0 aliphatic carbocycles. The van der Waals surface area contributed by atoms with E-state index in [2.05, 4.69) is 17.2 Å². The van der Waals surface area contributed by atoms with Gasteiger partial charge in [0.1, 0.15) is 0 Å².